The van der Waals surface area contributed by atoms with Gasteiger partial charge in [0.15, 0.2) is 11.6 Å². The normalized spacial score (nSPS) is 10.1. The molecule has 0 aliphatic heterocycles. The van der Waals surface area contributed by atoms with Crippen LogP contribution < -0.4 is 10.5 Å². The molecule has 82 valence electrons. The molecule has 2 N–H and O–H groups in total. The second-order valence-corrected chi connectivity index (χ2v) is 3.46. The van der Waals surface area contributed by atoms with Gasteiger partial charge in [-0.15, -0.1) is 0 Å². The van der Waals surface area contributed by atoms with E-state index in [-0.39, 0.29) is 16.6 Å². The Morgan fingerprint density at radius 1 is 1.31 bits per heavy atom. The van der Waals surface area contributed by atoms with Crippen LogP contribution in [0.15, 0.2) is 36.5 Å². The molecular weight excluding hydrogens is 231 g/mol. The van der Waals surface area contributed by atoms with E-state index in [9.17, 15) is 4.39 Å². The van der Waals surface area contributed by atoms with Crippen molar-refractivity contribution in [3.63, 3.8) is 0 Å². The highest BCUT2D eigenvalue weighted by Crippen LogP contribution is 2.30. The van der Waals surface area contributed by atoms with E-state index >= 15 is 0 Å². The summed E-state index contributed by atoms with van der Waals surface area (Å²) in [4.78, 5) is 3.79. The van der Waals surface area contributed by atoms with Crippen molar-refractivity contribution >= 4 is 17.3 Å². The summed E-state index contributed by atoms with van der Waals surface area (Å²) < 4.78 is 18.7. The Labute approximate surface area is 96.6 Å². The van der Waals surface area contributed by atoms with Crippen LogP contribution in [-0.4, -0.2) is 4.98 Å². The van der Waals surface area contributed by atoms with Crippen LogP contribution in [0.4, 0.5) is 10.1 Å². The standard InChI is InChI=1S/C11H8ClFN2O/c12-10-6-7(4-5-15-10)16-11-8(13)2-1-3-9(11)14/h1-6H,14H2. The maximum Gasteiger partial charge on any atom is 0.185 e. The molecule has 0 fully saturated rings. The van der Waals surface area contributed by atoms with Crippen LogP contribution in [0.25, 0.3) is 0 Å². The van der Waals surface area contributed by atoms with Gasteiger partial charge in [-0.3, -0.25) is 0 Å². The number of rotatable bonds is 2. The molecule has 2 aromatic rings. The van der Waals surface area contributed by atoms with Crippen molar-refractivity contribution in [1.29, 1.82) is 0 Å². The number of benzene rings is 1. The summed E-state index contributed by atoms with van der Waals surface area (Å²) >= 11 is 5.67. The van der Waals surface area contributed by atoms with Gasteiger partial charge >= 0.3 is 0 Å². The Bertz CT molecular complexity index is 499. The lowest BCUT2D eigenvalue weighted by Crippen LogP contribution is -1.95. The summed E-state index contributed by atoms with van der Waals surface area (Å²) in [5.41, 5.74) is 5.82. The van der Waals surface area contributed by atoms with Crippen LogP contribution in [-0.2, 0) is 0 Å². The predicted molar refractivity (Wildman–Crippen MR) is 60.1 cm³/mol. The van der Waals surface area contributed by atoms with Gasteiger partial charge in [-0.05, 0) is 18.2 Å². The van der Waals surface area contributed by atoms with Crippen molar-refractivity contribution in [3.8, 4) is 11.5 Å². The smallest absolute Gasteiger partial charge is 0.185 e. The highest BCUT2D eigenvalue weighted by molar-refractivity contribution is 6.29. The van der Waals surface area contributed by atoms with Crippen LogP contribution >= 0.6 is 11.6 Å². The van der Waals surface area contributed by atoms with Crippen LogP contribution in [0.3, 0.4) is 0 Å². The molecule has 16 heavy (non-hydrogen) atoms. The minimum atomic E-state index is -0.520. The highest BCUT2D eigenvalue weighted by Gasteiger charge is 2.08. The summed E-state index contributed by atoms with van der Waals surface area (Å²) in [6.07, 6.45) is 1.47. The molecule has 0 atom stereocenters. The fourth-order valence-corrected chi connectivity index (χ4v) is 1.36. The van der Waals surface area contributed by atoms with E-state index in [4.69, 9.17) is 22.1 Å². The van der Waals surface area contributed by atoms with Gasteiger partial charge < -0.3 is 10.5 Å². The first-order valence-corrected chi connectivity index (χ1v) is 4.88. The number of halogens is 2. The molecule has 0 unspecified atom stereocenters. The molecule has 0 spiro atoms. The first-order chi connectivity index (χ1) is 7.66. The van der Waals surface area contributed by atoms with Gasteiger partial charge in [0.1, 0.15) is 10.9 Å². The maximum absolute atomic E-state index is 13.4. The average molecular weight is 239 g/mol. The summed E-state index contributed by atoms with van der Waals surface area (Å²) in [5.74, 6) is -0.144. The van der Waals surface area contributed by atoms with Crippen molar-refractivity contribution in [1.82, 2.24) is 4.98 Å². The summed E-state index contributed by atoms with van der Waals surface area (Å²) in [5, 5.41) is 0.271. The monoisotopic (exact) mass is 238 g/mol. The lowest BCUT2D eigenvalue weighted by Gasteiger charge is -2.08. The molecule has 1 aromatic heterocycles. The fraction of sp³-hybridized carbons (Fsp3) is 0. The van der Waals surface area contributed by atoms with Gasteiger partial charge in [0.2, 0.25) is 0 Å². The number of nitrogen functional groups attached to an aromatic ring is 1. The number of pyridine rings is 1. The number of hydrogen-bond acceptors (Lipinski definition) is 3. The lowest BCUT2D eigenvalue weighted by atomic mass is 10.3. The Kier molecular flexibility index (Phi) is 2.92. The summed E-state index contributed by atoms with van der Waals surface area (Å²) in [6, 6.07) is 7.39. The maximum atomic E-state index is 13.4. The SMILES string of the molecule is Nc1cccc(F)c1Oc1ccnc(Cl)c1. The molecule has 1 aromatic carbocycles. The second-order valence-electron chi connectivity index (χ2n) is 3.07. The molecule has 5 heteroatoms. The summed E-state index contributed by atoms with van der Waals surface area (Å²) in [6.45, 7) is 0. The van der Waals surface area contributed by atoms with Gasteiger partial charge in [0.05, 0.1) is 5.69 Å². The third kappa shape index (κ3) is 2.23. The first kappa shape index (κ1) is 10.7. The van der Waals surface area contributed by atoms with Gasteiger partial charge in [-0.25, -0.2) is 9.37 Å². The van der Waals surface area contributed by atoms with Crippen LogP contribution in [0.1, 0.15) is 0 Å². The second kappa shape index (κ2) is 4.37. The molecule has 0 saturated heterocycles. The highest BCUT2D eigenvalue weighted by atomic mass is 35.5. The predicted octanol–water partition coefficient (Wildman–Crippen LogP) is 3.25. The quantitative estimate of drug-likeness (QED) is 0.645. The van der Waals surface area contributed by atoms with E-state index in [1.807, 2.05) is 0 Å². The molecule has 2 rings (SSSR count). The number of nitrogens with zero attached hydrogens (tertiary/aromatic N) is 1. The van der Waals surface area contributed by atoms with E-state index < -0.39 is 5.82 Å². The van der Waals surface area contributed by atoms with Crippen LogP contribution in [0, 0.1) is 5.82 Å². The molecule has 3 nitrogen and oxygen atoms in total. The van der Waals surface area contributed by atoms with E-state index in [1.54, 1.807) is 12.1 Å². The van der Waals surface area contributed by atoms with Gasteiger partial charge in [-0.2, -0.15) is 0 Å². The third-order valence-electron chi connectivity index (χ3n) is 1.92. The van der Waals surface area contributed by atoms with Crippen LogP contribution in [0.5, 0.6) is 11.5 Å². The average Bonchev–Trinajstić information content (AvgIpc) is 2.24. The van der Waals surface area contributed by atoms with Crippen molar-refractivity contribution in [3.05, 3.63) is 47.5 Å². The Morgan fingerprint density at radius 3 is 2.81 bits per heavy atom. The lowest BCUT2D eigenvalue weighted by molar-refractivity contribution is 0.444. The van der Waals surface area contributed by atoms with E-state index in [1.165, 1.54) is 24.4 Å². The van der Waals surface area contributed by atoms with Gasteiger partial charge in [0.25, 0.3) is 0 Å². The zero-order valence-corrected chi connectivity index (χ0v) is 8.91. The number of hydrogen-bond donors (Lipinski definition) is 1. The van der Waals surface area contributed by atoms with E-state index in [0.717, 1.165) is 0 Å². The number of para-hydroxylation sites is 1. The van der Waals surface area contributed by atoms with Crippen molar-refractivity contribution in [2.45, 2.75) is 0 Å². The van der Waals surface area contributed by atoms with Crippen molar-refractivity contribution in [2.24, 2.45) is 0 Å². The minimum absolute atomic E-state index is 0.00948. The molecular formula is C11H8ClFN2O. The summed E-state index contributed by atoms with van der Waals surface area (Å²) in [7, 11) is 0. The number of anilines is 1. The zero-order valence-electron chi connectivity index (χ0n) is 8.15. The Balaban J connectivity index is 2.34. The van der Waals surface area contributed by atoms with E-state index in [0.29, 0.717) is 5.75 Å². The molecule has 0 aliphatic rings. The number of aromatic nitrogens is 1. The molecule has 0 saturated carbocycles. The topological polar surface area (TPSA) is 48.1 Å². The third-order valence-corrected chi connectivity index (χ3v) is 2.12. The van der Waals surface area contributed by atoms with Crippen molar-refractivity contribution in [2.75, 3.05) is 5.73 Å². The molecule has 0 radical (unpaired) electrons. The Hall–Kier alpha value is -1.81. The fourth-order valence-electron chi connectivity index (χ4n) is 1.20. The van der Waals surface area contributed by atoms with Gasteiger partial charge in [0, 0.05) is 12.3 Å². The number of nitrogens with two attached hydrogens (primary N) is 1. The van der Waals surface area contributed by atoms with Crippen LogP contribution in [0.2, 0.25) is 5.15 Å². The zero-order chi connectivity index (χ0) is 11.5. The largest absolute Gasteiger partial charge is 0.452 e. The number of ether oxygens (including phenoxy) is 1. The minimum Gasteiger partial charge on any atom is -0.452 e. The van der Waals surface area contributed by atoms with Crippen molar-refractivity contribution < 1.29 is 9.13 Å². The van der Waals surface area contributed by atoms with E-state index in [2.05, 4.69) is 4.98 Å². The molecule has 0 bridgehead atoms. The Morgan fingerprint density at radius 2 is 2.12 bits per heavy atom. The molecule has 0 amide bonds. The molecule has 0 aliphatic carbocycles. The first-order valence-electron chi connectivity index (χ1n) is 4.50. The van der Waals surface area contributed by atoms with Gasteiger partial charge in [-0.1, -0.05) is 17.7 Å². The molecule has 1 heterocycles.